The Bertz CT molecular complexity index is 961. The van der Waals surface area contributed by atoms with Crippen molar-refractivity contribution in [3.8, 4) is 11.5 Å². The molecule has 2 saturated heterocycles. The number of amides is 2. The van der Waals surface area contributed by atoms with E-state index in [2.05, 4.69) is 0 Å². The summed E-state index contributed by atoms with van der Waals surface area (Å²) in [5.41, 5.74) is 0.714. The molecule has 2 aliphatic rings. The number of morpholine rings is 1. The summed E-state index contributed by atoms with van der Waals surface area (Å²) in [4.78, 5) is 40.4. The molecule has 9 nitrogen and oxygen atoms in total. The number of carbonyl (C=O) groups is 3. The van der Waals surface area contributed by atoms with Crippen LogP contribution in [0.25, 0.3) is 6.08 Å². The number of esters is 1. The van der Waals surface area contributed by atoms with Crippen LogP contribution in [0.3, 0.4) is 0 Å². The molecule has 0 atom stereocenters. The van der Waals surface area contributed by atoms with Crippen molar-refractivity contribution in [2.24, 2.45) is 0 Å². The van der Waals surface area contributed by atoms with Crippen molar-refractivity contribution in [3.05, 3.63) is 28.7 Å². The van der Waals surface area contributed by atoms with Gasteiger partial charge in [-0.15, -0.1) is 0 Å². The molecule has 1 aromatic rings. The van der Waals surface area contributed by atoms with Gasteiger partial charge in [-0.25, -0.2) is 0 Å². The maximum absolute atomic E-state index is 12.8. The van der Waals surface area contributed by atoms with E-state index in [-0.39, 0.29) is 37.4 Å². The fourth-order valence-electron chi connectivity index (χ4n) is 3.27. The number of rotatable bonds is 10. The highest BCUT2D eigenvalue weighted by atomic mass is 32.2. The largest absolute Gasteiger partial charge is 0.493 e. The van der Waals surface area contributed by atoms with Gasteiger partial charge in [0.1, 0.15) is 4.32 Å². The highest BCUT2D eigenvalue weighted by Crippen LogP contribution is 2.35. The molecule has 184 valence electrons. The predicted molar refractivity (Wildman–Crippen MR) is 132 cm³/mol. The standard InChI is InChI=1S/C23H28N2O7S2/c1-3-10-31-21(27)6-7-25-22(28)19(34-23(25)33)14-16-4-5-17(18(13-16)29-2)32-15-20(26)24-8-11-30-12-9-24/h4-5,13-14H,3,6-12,15H2,1-2H3/b19-14+. The lowest BCUT2D eigenvalue weighted by atomic mass is 10.2. The second kappa shape index (κ2) is 12.7. The minimum Gasteiger partial charge on any atom is -0.493 e. The number of hydrogen-bond donors (Lipinski definition) is 0. The summed E-state index contributed by atoms with van der Waals surface area (Å²) in [6.07, 6.45) is 2.54. The number of carbonyl (C=O) groups excluding carboxylic acids is 3. The first kappa shape index (κ1) is 26.0. The molecule has 0 saturated carbocycles. The molecule has 0 bridgehead atoms. The smallest absolute Gasteiger partial charge is 0.307 e. The molecule has 0 aromatic heterocycles. The highest BCUT2D eigenvalue weighted by molar-refractivity contribution is 8.26. The van der Waals surface area contributed by atoms with Crippen LogP contribution in [0.2, 0.25) is 0 Å². The molecule has 2 fully saturated rings. The summed E-state index contributed by atoms with van der Waals surface area (Å²) >= 11 is 6.50. The van der Waals surface area contributed by atoms with Gasteiger partial charge in [-0.1, -0.05) is 37.0 Å². The molecule has 34 heavy (non-hydrogen) atoms. The Labute approximate surface area is 208 Å². The monoisotopic (exact) mass is 508 g/mol. The van der Waals surface area contributed by atoms with Gasteiger partial charge in [0.05, 0.1) is 38.3 Å². The van der Waals surface area contributed by atoms with E-state index in [1.807, 2.05) is 6.92 Å². The molecular formula is C23H28N2O7S2. The van der Waals surface area contributed by atoms with Gasteiger partial charge in [0, 0.05) is 19.6 Å². The molecule has 3 rings (SSSR count). The van der Waals surface area contributed by atoms with Gasteiger partial charge in [-0.2, -0.15) is 0 Å². The first-order chi connectivity index (χ1) is 16.4. The minimum absolute atomic E-state index is 0.0861. The molecular weight excluding hydrogens is 480 g/mol. The number of ether oxygens (including phenoxy) is 4. The molecule has 0 radical (unpaired) electrons. The van der Waals surface area contributed by atoms with Crippen molar-refractivity contribution in [1.29, 1.82) is 0 Å². The first-order valence-electron chi connectivity index (χ1n) is 11.0. The molecule has 0 spiro atoms. The average Bonchev–Trinajstić information content (AvgIpc) is 3.12. The van der Waals surface area contributed by atoms with Crippen LogP contribution in [0.1, 0.15) is 25.3 Å². The Kier molecular flexibility index (Phi) is 9.73. The quantitative estimate of drug-likeness (QED) is 0.268. The number of thioether (sulfide) groups is 1. The van der Waals surface area contributed by atoms with Crippen LogP contribution in [-0.4, -0.2) is 85.1 Å². The molecule has 11 heteroatoms. The van der Waals surface area contributed by atoms with Gasteiger partial charge in [0.25, 0.3) is 11.8 Å². The summed E-state index contributed by atoms with van der Waals surface area (Å²) in [5.74, 6) is 0.148. The highest BCUT2D eigenvalue weighted by Gasteiger charge is 2.32. The zero-order valence-corrected chi connectivity index (χ0v) is 20.9. The Morgan fingerprint density at radius 2 is 2.00 bits per heavy atom. The van der Waals surface area contributed by atoms with Crippen LogP contribution in [0.15, 0.2) is 23.1 Å². The van der Waals surface area contributed by atoms with E-state index in [1.54, 1.807) is 29.2 Å². The Hall–Kier alpha value is -2.63. The lowest BCUT2D eigenvalue weighted by Crippen LogP contribution is -2.43. The molecule has 2 heterocycles. The second-order valence-corrected chi connectivity index (χ2v) is 9.17. The van der Waals surface area contributed by atoms with E-state index < -0.39 is 0 Å². The normalized spacial score (nSPS) is 17.3. The van der Waals surface area contributed by atoms with Gasteiger partial charge < -0.3 is 23.8 Å². The Morgan fingerprint density at radius 1 is 1.24 bits per heavy atom. The molecule has 0 aliphatic carbocycles. The first-order valence-corrected chi connectivity index (χ1v) is 12.2. The van der Waals surface area contributed by atoms with Gasteiger partial charge in [-0.05, 0) is 30.2 Å². The molecule has 2 aliphatic heterocycles. The predicted octanol–water partition coefficient (Wildman–Crippen LogP) is 2.48. The number of benzene rings is 1. The van der Waals surface area contributed by atoms with Crippen LogP contribution < -0.4 is 9.47 Å². The van der Waals surface area contributed by atoms with Gasteiger partial charge in [0.2, 0.25) is 0 Å². The van der Waals surface area contributed by atoms with Crippen molar-refractivity contribution in [2.45, 2.75) is 19.8 Å². The molecule has 2 amide bonds. The van der Waals surface area contributed by atoms with E-state index in [0.717, 1.165) is 6.42 Å². The Balaban J connectivity index is 1.61. The third-order valence-corrected chi connectivity index (χ3v) is 6.46. The fraction of sp³-hybridized carbons (Fsp3) is 0.478. The third-order valence-electron chi connectivity index (χ3n) is 5.08. The fourth-order valence-corrected chi connectivity index (χ4v) is 4.58. The zero-order valence-electron chi connectivity index (χ0n) is 19.2. The lowest BCUT2D eigenvalue weighted by molar-refractivity contribution is -0.144. The Morgan fingerprint density at radius 3 is 2.71 bits per heavy atom. The van der Waals surface area contributed by atoms with E-state index in [4.69, 9.17) is 31.2 Å². The van der Waals surface area contributed by atoms with Crippen molar-refractivity contribution < 1.29 is 33.3 Å². The van der Waals surface area contributed by atoms with Crippen molar-refractivity contribution in [2.75, 3.05) is 53.2 Å². The summed E-state index contributed by atoms with van der Waals surface area (Å²) in [7, 11) is 1.51. The second-order valence-electron chi connectivity index (χ2n) is 7.50. The zero-order chi connectivity index (χ0) is 24.5. The van der Waals surface area contributed by atoms with Crippen LogP contribution >= 0.6 is 24.0 Å². The maximum atomic E-state index is 12.8. The topological polar surface area (TPSA) is 94.6 Å². The average molecular weight is 509 g/mol. The molecule has 0 N–H and O–H groups in total. The van der Waals surface area contributed by atoms with E-state index in [1.165, 1.54) is 23.8 Å². The molecule has 0 unspecified atom stereocenters. The van der Waals surface area contributed by atoms with E-state index in [0.29, 0.717) is 59.2 Å². The number of nitrogens with zero attached hydrogens (tertiary/aromatic N) is 2. The van der Waals surface area contributed by atoms with Gasteiger partial charge >= 0.3 is 5.97 Å². The molecule has 1 aromatic carbocycles. The number of hydrogen-bond acceptors (Lipinski definition) is 9. The van der Waals surface area contributed by atoms with Crippen LogP contribution in [0.4, 0.5) is 0 Å². The SMILES string of the molecule is CCCOC(=O)CCN1C(=O)/C(=C\c2ccc(OCC(=O)N3CCOCC3)c(OC)c2)SC1=S. The van der Waals surface area contributed by atoms with Crippen molar-refractivity contribution in [1.82, 2.24) is 9.80 Å². The van der Waals surface area contributed by atoms with E-state index >= 15 is 0 Å². The van der Waals surface area contributed by atoms with Crippen molar-refractivity contribution in [3.63, 3.8) is 0 Å². The van der Waals surface area contributed by atoms with Crippen LogP contribution in [-0.2, 0) is 23.9 Å². The summed E-state index contributed by atoms with van der Waals surface area (Å²) in [6, 6.07) is 5.19. The summed E-state index contributed by atoms with van der Waals surface area (Å²) in [6.45, 7) is 4.51. The van der Waals surface area contributed by atoms with Gasteiger partial charge in [-0.3, -0.25) is 19.3 Å². The number of methoxy groups -OCH3 is 1. The van der Waals surface area contributed by atoms with Gasteiger partial charge in [0.15, 0.2) is 18.1 Å². The van der Waals surface area contributed by atoms with E-state index in [9.17, 15) is 14.4 Å². The maximum Gasteiger partial charge on any atom is 0.307 e. The lowest BCUT2D eigenvalue weighted by Gasteiger charge is -2.26. The minimum atomic E-state index is -0.354. The summed E-state index contributed by atoms with van der Waals surface area (Å²) in [5, 5.41) is 0. The summed E-state index contributed by atoms with van der Waals surface area (Å²) < 4.78 is 21.8. The van der Waals surface area contributed by atoms with Crippen LogP contribution in [0.5, 0.6) is 11.5 Å². The van der Waals surface area contributed by atoms with Crippen molar-refractivity contribution >= 4 is 52.2 Å². The van der Waals surface area contributed by atoms with Crippen LogP contribution in [0, 0.1) is 0 Å². The number of thiocarbonyl (C=S) groups is 1. The third kappa shape index (κ3) is 6.94.